The number of halogens is 1. The van der Waals surface area contributed by atoms with Gasteiger partial charge >= 0.3 is 0 Å². The lowest BCUT2D eigenvalue weighted by molar-refractivity contribution is -0.0244. The number of ether oxygens (including phenoxy) is 1. The largest absolute Gasteiger partial charge is 0.382 e. The molecule has 1 fully saturated rings. The summed E-state index contributed by atoms with van der Waals surface area (Å²) in [5.41, 5.74) is 5.64. The summed E-state index contributed by atoms with van der Waals surface area (Å²) in [6, 6.07) is 0. The number of nitrogens with two attached hydrogens (primary N) is 1. The van der Waals surface area contributed by atoms with Crippen molar-refractivity contribution in [2.75, 3.05) is 43.8 Å². The molecule has 0 amide bonds. The van der Waals surface area contributed by atoms with Crippen molar-refractivity contribution in [1.82, 2.24) is 14.9 Å². The highest BCUT2D eigenvalue weighted by atomic mass is 35.5. The van der Waals surface area contributed by atoms with Crippen LogP contribution in [0.4, 0.5) is 11.6 Å². The molecule has 1 unspecified atom stereocenters. The van der Waals surface area contributed by atoms with E-state index in [4.69, 9.17) is 22.1 Å². The molecule has 3 N–H and O–H groups in total. The van der Waals surface area contributed by atoms with Crippen LogP contribution in [0, 0.1) is 5.92 Å². The molecular formula is C13H22ClN5O. The van der Waals surface area contributed by atoms with Gasteiger partial charge in [0, 0.05) is 26.2 Å². The minimum Gasteiger partial charge on any atom is -0.382 e. The Hall–Kier alpha value is -1.11. The molecule has 0 aliphatic carbocycles. The summed E-state index contributed by atoms with van der Waals surface area (Å²) in [6.45, 7) is 8.89. The molecule has 20 heavy (non-hydrogen) atoms. The SMILES string of the molecule is CC(C)CN1CCOC(CNc2ncnc(N)c2Cl)C1. The molecule has 1 aromatic heterocycles. The number of morpholine rings is 1. The Morgan fingerprint density at radius 2 is 2.35 bits per heavy atom. The van der Waals surface area contributed by atoms with Gasteiger partial charge in [-0.15, -0.1) is 0 Å². The number of hydrogen-bond donors (Lipinski definition) is 2. The monoisotopic (exact) mass is 299 g/mol. The minimum absolute atomic E-state index is 0.134. The predicted molar refractivity (Wildman–Crippen MR) is 81.0 cm³/mol. The molecule has 1 aliphatic rings. The van der Waals surface area contributed by atoms with E-state index in [0.29, 0.717) is 23.3 Å². The van der Waals surface area contributed by atoms with Crippen LogP contribution in [-0.4, -0.2) is 53.8 Å². The molecule has 6 nitrogen and oxygen atoms in total. The van der Waals surface area contributed by atoms with Crippen LogP contribution in [-0.2, 0) is 4.74 Å². The second-order valence-corrected chi connectivity index (χ2v) is 5.83. The van der Waals surface area contributed by atoms with Crippen LogP contribution in [0.1, 0.15) is 13.8 Å². The molecule has 1 atom stereocenters. The highest BCUT2D eigenvalue weighted by Crippen LogP contribution is 2.23. The van der Waals surface area contributed by atoms with Gasteiger partial charge in [0.1, 0.15) is 17.2 Å². The molecule has 0 radical (unpaired) electrons. The van der Waals surface area contributed by atoms with E-state index in [-0.39, 0.29) is 11.9 Å². The van der Waals surface area contributed by atoms with Gasteiger partial charge in [-0.2, -0.15) is 0 Å². The Bertz CT molecular complexity index is 443. The Kier molecular flexibility index (Phi) is 5.39. The summed E-state index contributed by atoms with van der Waals surface area (Å²) < 4.78 is 5.76. The van der Waals surface area contributed by atoms with Crippen LogP contribution < -0.4 is 11.1 Å². The van der Waals surface area contributed by atoms with Crippen molar-refractivity contribution in [3.63, 3.8) is 0 Å². The summed E-state index contributed by atoms with van der Waals surface area (Å²) >= 11 is 6.04. The number of nitrogens with one attached hydrogen (secondary N) is 1. The second-order valence-electron chi connectivity index (χ2n) is 5.45. The number of aromatic nitrogens is 2. The Morgan fingerprint density at radius 1 is 1.55 bits per heavy atom. The topological polar surface area (TPSA) is 76.3 Å². The number of hydrogen-bond acceptors (Lipinski definition) is 6. The first-order valence-electron chi connectivity index (χ1n) is 6.90. The average Bonchev–Trinajstić information content (AvgIpc) is 2.40. The molecule has 0 saturated carbocycles. The average molecular weight is 300 g/mol. The van der Waals surface area contributed by atoms with E-state index in [2.05, 4.69) is 34.0 Å². The zero-order valence-electron chi connectivity index (χ0n) is 12.0. The third kappa shape index (κ3) is 4.19. The van der Waals surface area contributed by atoms with E-state index >= 15 is 0 Å². The summed E-state index contributed by atoms with van der Waals surface area (Å²) in [5.74, 6) is 1.51. The van der Waals surface area contributed by atoms with Gasteiger partial charge in [-0.25, -0.2) is 9.97 Å². The van der Waals surface area contributed by atoms with Gasteiger partial charge in [0.25, 0.3) is 0 Å². The lowest BCUT2D eigenvalue weighted by Crippen LogP contribution is -2.46. The maximum atomic E-state index is 6.04. The first kappa shape index (κ1) is 15.3. The van der Waals surface area contributed by atoms with Crippen molar-refractivity contribution in [3.8, 4) is 0 Å². The van der Waals surface area contributed by atoms with Gasteiger partial charge in [0.15, 0.2) is 5.82 Å². The van der Waals surface area contributed by atoms with Gasteiger partial charge in [-0.05, 0) is 5.92 Å². The number of nitrogens with zero attached hydrogens (tertiary/aromatic N) is 3. The minimum atomic E-state index is 0.134. The summed E-state index contributed by atoms with van der Waals surface area (Å²) in [5, 5.41) is 3.55. The predicted octanol–water partition coefficient (Wildman–Crippen LogP) is 1.48. The number of anilines is 2. The van der Waals surface area contributed by atoms with Crippen LogP contribution >= 0.6 is 11.6 Å². The summed E-state index contributed by atoms with van der Waals surface area (Å²) in [6.07, 6.45) is 1.53. The van der Waals surface area contributed by atoms with Crippen LogP contribution in [0.15, 0.2) is 6.33 Å². The van der Waals surface area contributed by atoms with Crippen molar-refractivity contribution in [1.29, 1.82) is 0 Å². The summed E-state index contributed by atoms with van der Waals surface area (Å²) in [7, 11) is 0. The summed E-state index contributed by atoms with van der Waals surface area (Å²) in [4.78, 5) is 10.3. The van der Waals surface area contributed by atoms with Crippen LogP contribution in [0.25, 0.3) is 0 Å². The van der Waals surface area contributed by atoms with Gasteiger partial charge in [0.05, 0.1) is 12.7 Å². The maximum Gasteiger partial charge on any atom is 0.150 e. The molecular weight excluding hydrogens is 278 g/mol. The Balaban J connectivity index is 1.85. The van der Waals surface area contributed by atoms with Crippen molar-refractivity contribution in [3.05, 3.63) is 11.3 Å². The van der Waals surface area contributed by atoms with Gasteiger partial charge in [-0.1, -0.05) is 25.4 Å². The molecule has 1 aliphatic heterocycles. The normalized spacial score (nSPS) is 20.3. The second kappa shape index (κ2) is 7.06. The molecule has 7 heteroatoms. The fraction of sp³-hybridized carbons (Fsp3) is 0.692. The van der Waals surface area contributed by atoms with E-state index < -0.39 is 0 Å². The zero-order chi connectivity index (χ0) is 14.5. The quantitative estimate of drug-likeness (QED) is 0.858. The van der Waals surface area contributed by atoms with Crippen LogP contribution in [0.3, 0.4) is 0 Å². The molecule has 0 spiro atoms. The van der Waals surface area contributed by atoms with E-state index in [1.165, 1.54) is 6.33 Å². The smallest absolute Gasteiger partial charge is 0.150 e. The fourth-order valence-electron chi connectivity index (χ4n) is 2.30. The van der Waals surface area contributed by atoms with Gasteiger partial charge in [-0.3, -0.25) is 4.90 Å². The van der Waals surface area contributed by atoms with Gasteiger partial charge in [0.2, 0.25) is 0 Å². The highest BCUT2D eigenvalue weighted by Gasteiger charge is 2.21. The number of nitrogen functional groups attached to an aromatic ring is 1. The van der Waals surface area contributed by atoms with Crippen molar-refractivity contribution in [2.45, 2.75) is 20.0 Å². The molecule has 1 saturated heterocycles. The van der Waals surface area contributed by atoms with Crippen LogP contribution in [0.2, 0.25) is 5.02 Å². The molecule has 2 rings (SSSR count). The van der Waals surface area contributed by atoms with Crippen molar-refractivity contribution < 1.29 is 4.74 Å². The lowest BCUT2D eigenvalue weighted by Gasteiger charge is -2.34. The standard InChI is InChI=1S/C13H22ClN5O/c1-9(2)6-19-3-4-20-10(7-19)5-16-13-11(14)12(15)17-8-18-13/h8-10H,3-7H2,1-2H3,(H3,15,16,17,18). The Labute approximate surface area is 124 Å². The third-order valence-corrected chi connectivity index (χ3v) is 3.53. The molecule has 2 heterocycles. The lowest BCUT2D eigenvalue weighted by atomic mass is 10.2. The number of rotatable bonds is 5. The van der Waals surface area contributed by atoms with E-state index in [9.17, 15) is 0 Å². The Morgan fingerprint density at radius 3 is 3.10 bits per heavy atom. The van der Waals surface area contributed by atoms with E-state index in [0.717, 1.165) is 26.2 Å². The van der Waals surface area contributed by atoms with E-state index in [1.807, 2.05) is 0 Å². The van der Waals surface area contributed by atoms with E-state index in [1.54, 1.807) is 0 Å². The first-order valence-corrected chi connectivity index (χ1v) is 7.28. The third-order valence-electron chi connectivity index (χ3n) is 3.16. The van der Waals surface area contributed by atoms with Crippen LogP contribution in [0.5, 0.6) is 0 Å². The zero-order valence-corrected chi connectivity index (χ0v) is 12.7. The maximum absolute atomic E-state index is 6.04. The molecule has 0 bridgehead atoms. The highest BCUT2D eigenvalue weighted by molar-refractivity contribution is 6.35. The first-order chi connectivity index (χ1) is 9.56. The molecule has 0 aromatic carbocycles. The fourth-order valence-corrected chi connectivity index (χ4v) is 2.47. The van der Waals surface area contributed by atoms with Gasteiger partial charge < -0.3 is 15.8 Å². The van der Waals surface area contributed by atoms with Crippen molar-refractivity contribution in [2.24, 2.45) is 5.92 Å². The molecule has 112 valence electrons. The van der Waals surface area contributed by atoms with Crippen molar-refractivity contribution >= 4 is 23.2 Å². The molecule has 1 aromatic rings.